The van der Waals surface area contributed by atoms with Crippen molar-refractivity contribution < 1.29 is 27.2 Å². The summed E-state index contributed by atoms with van der Waals surface area (Å²) < 4.78 is 46.9. The van der Waals surface area contributed by atoms with Crippen molar-refractivity contribution in [3.05, 3.63) is 22.9 Å². The van der Waals surface area contributed by atoms with Crippen molar-refractivity contribution in [3.63, 3.8) is 0 Å². The zero-order valence-corrected chi connectivity index (χ0v) is 12.9. The van der Waals surface area contributed by atoms with E-state index >= 15 is 0 Å². The summed E-state index contributed by atoms with van der Waals surface area (Å²) in [4.78, 5) is 16.5. The fourth-order valence-electron chi connectivity index (χ4n) is 2.17. The van der Waals surface area contributed by atoms with Crippen molar-refractivity contribution >= 4 is 17.1 Å². The molecule has 2 aromatic rings. The average molecular weight is 346 g/mol. The first-order valence-electron chi connectivity index (χ1n) is 6.95. The molecule has 9 heteroatoms. The van der Waals surface area contributed by atoms with Crippen LogP contribution in [-0.4, -0.2) is 23.0 Å². The van der Waals surface area contributed by atoms with Gasteiger partial charge in [-0.2, -0.15) is 18.2 Å². The predicted octanol–water partition coefficient (Wildman–Crippen LogP) is 3.87. The third-order valence-corrected chi connectivity index (χ3v) is 4.61. The summed E-state index contributed by atoms with van der Waals surface area (Å²) in [7, 11) is 1.44. The molecular weight excluding hydrogens is 333 g/mol. The second kappa shape index (κ2) is 6.04. The van der Waals surface area contributed by atoms with Crippen LogP contribution in [0.3, 0.4) is 0 Å². The molecule has 0 bridgehead atoms. The van der Waals surface area contributed by atoms with Gasteiger partial charge < -0.3 is 9.26 Å². The average Bonchev–Trinajstić information content (AvgIpc) is 2.98. The molecule has 1 fully saturated rings. The van der Waals surface area contributed by atoms with Crippen LogP contribution in [0.25, 0.3) is 10.7 Å². The van der Waals surface area contributed by atoms with Crippen LogP contribution in [0.1, 0.15) is 36.1 Å². The van der Waals surface area contributed by atoms with Gasteiger partial charge in [-0.05, 0) is 30.9 Å². The Kier molecular flexibility index (Phi) is 4.24. The van der Waals surface area contributed by atoms with Crippen LogP contribution in [0.4, 0.5) is 13.2 Å². The van der Waals surface area contributed by atoms with Crippen molar-refractivity contribution in [2.75, 3.05) is 7.11 Å². The van der Waals surface area contributed by atoms with E-state index in [0.29, 0.717) is 22.1 Å². The van der Waals surface area contributed by atoms with Gasteiger partial charge in [0, 0.05) is 18.4 Å². The van der Waals surface area contributed by atoms with E-state index in [2.05, 4.69) is 14.7 Å². The number of alkyl halides is 3. The van der Waals surface area contributed by atoms with Crippen LogP contribution in [0.15, 0.2) is 16.7 Å². The number of ether oxygens (including phenoxy) is 1. The van der Waals surface area contributed by atoms with E-state index in [9.17, 15) is 18.0 Å². The number of thiophene rings is 1. The zero-order valence-electron chi connectivity index (χ0n) is 12.1. The highest BCUT2D eigenvalue weighted by molar-refractivity contribution is 7.15. The molecule has 0 N–H and O–H groups in total. The summed E-state index contributed by atoms with van der Waals surface area (Å²) in [6.45, 7) is 0. The predicted molar refractivity (Wildman–Crippen MR) is 74.7 cm³/mol. The zero-order chi connectivity index (χ0) is 16.6. The Bertz CT molecular complexity index is 706. The number of halogens is 3. The van der Waals surface area contributed by atoms with Gasteiger partial charge in [-0.25, -0.2) is 0 Å². The Labute approximate surface area is 133 Å². The van der Waals surface area contributed by atoms with Crippen LogP contribution in [0.5, 0.6) is 0 Å². The summed E-state index contributed by atoms with van der Waals surface area (Å²) in [5, 5.41) is 3.33. The van der Waals surface area contributed by atoms with Gasteiger partial charge in [-0.1, -0.05) is 5.16 Å². The van der Waals surface area contributed by atoms with E-state index in [0.717, 1.165) is 24.2 Å². The van der Waals surface area contributed by atoms with Crippen LogP contribution in [0.2, 0.25) is 0 Å². The third-order valence-electron chi connectivity index (χ3n) is 3.49. The summed E-state index contributed by atoms with van der Waals surface area (Å²) in [6, 6.07) is 3.20. The fraction of sp³-hybridized carbons (Fsp3) is 0.500. The van der Waals surface area contributed by atoms with Gasteiger partial charge in [0.05, 0.1) is 4.88 Å². The number of carbonyl (C=O) groups excluding carboxylic acids is 1. The van der Waals surface area contributed by atoms with E-state index < -0.39 is 18.2 Å². The molecule has 1 aliphatic rings. The SMILES string of the molecule is CO[C@H](C(=O)CC1CC1)c1ccc(-c2noc(C(F)(F)F)n2)s1. The normalized spacial score (nSPS) is 16.5. The smallest absolute Gasteiger partial charge is 0.368 e. The molecule has 1 saturated carbocycles. The molecule has 1 atom stereocenters. The maximum atomic E-state index is 12.5. The van der Waals surface area contributed by atoms with Crippen molar-refractivity contribution in [2.24, 2.45) is 5.92 Å². The van der Waals surface area contributed by atoms with Gasteiger partial charge >= 0.3 is 12.1 Å². The van der Waals surface area contributed by atoms with Crippen molar-refractivity contribution in [3.8, 4) is 10.7 Å². The first-order valence-corrected chi connectivity index (χ1v) is 7.76. The largest absolute Gasteiger partial charge is 0.471 e. The molecule has 2 aromatic heterocycles. The highest BCUT2D eigenvalue weighted by Crippen LogP contribution is 2.38. The number of hydrogen-bond acceptors (Lipinski definition) is 6. The van der Waals surface area contributed by atoms with Crippen molar-refractivity contribution in [1.29, 1.82) is 0 Å². The number of methoxy groups -OCH3 is 1. The summed E-state index contributed by atoms with van der Waals surface area (Å²) >= 11 is 1.12. The van der Waals surface area contributed by atoms with Crippen molar-refractivity contribution in [2.45, 2.75) is 31.5 Å². The number of hydrogen-bond donors (Lipinski definition) is 0. The minimum atomic E-state index is -4.68. The van der Waals surface area contributed by atoms with Gasteiger partial charge in [-0.15, -0.1) is 11.3 Å². The molecule has 23 heavy (non-hydrogen) atoms. The standard InChI is InChI=1S/C14H13F3N2O3S/c1-21-11(8(20)6-7-2-3-7)9-4-5-10(23-9)12-18-13(22-19-12)14(15,16)17/h4-5,7,11H,2-3,6H2,1H3/t11-/m1/s1. The quantitative estimate of drug-likeness (QED) is 0.794. The van der Waals surface area contributed by atoms with Crippen LogP contribution < -0.4 is 0 Å². The van der Waals surface area contributed by atoms with E-state index in [4.69, 9.17) is 4.74 Å². The number of Topliss-reactive ketones (excluding diaryl/α,β-unsaturated/α-hetero) is 1. The Morgan fingerprint density at radius 1 is 1.48 bits per heavy atom. The lowest BCUT2D eigenvalue weighted by molar-refractivity contribution is -0.159. The number of rotatable bonds is 6. The Hall–Kier alpha value is -1.74. The molecule has 124 valence electrons. The lowest BCUT2D eigenvalue weighted by Crippen LogP contribution is -2.13. The lowest BCUT2D eigenvalue weighted by Gasteiger charge is -2.11. The van der Waals surface area contributed by atoms with Gasteiger partial charge in [0.25, 0.3) is 0 Å². The topological polar surface area (TPSA) is 65.2 Å². The van der Waals surface area contributed by atoms with Gasteiger partial charge in [-0.3, -0.25) is 4.79 Å². The number of nitrogens with zero attached hydrogens (tertiary/aromatic N) is 2. The van der Waals surface area contributed by atoms with Gasteiger partial charge in [0.1, 0.15) is 6.10 Å². The van der Waals surface area contributed by atoms with Gasteiger partial charge in [0.2, 0.25) is 5.82 Å². The van der Waals surface area contributed by atoms with Crippen LogP contribution >= 0.6 is 11.3 Å². The fourth-order valence-corrected chi connectivity index (χ4v) is 3.21. The highest BCUT2D eigenvalue weighted by atomic mass is 32.1. The molecule has 0 aliphatic heterocycles. The monoisotopic (exact) mass is 346 g/mol. The molecule has 0 spiro atoms. The van der Waals surface area contributed by atoms with E-state index in [-0.39, 0.29) is 11.6 Å². The molecule has 0 unspecified atom stereocenters. The number of aromatic nitrogens is 2. The van der Waals surface area contributed by atoms with E-state index in [1.807, 2.05) is 0 Å². The Morgan fingerprint density at radius 2 is 2.22 bits per heavy atom. The highest BCUT2D eigenvalue weighted by Gasteiger charge is 2.38. The first kappa shape index (κ1) is 16.1. The van der Waals surface area contributed by atoms with E-state index in [1.54, 1.807) is 12.1 Å². The van der Waals surface area contributed by atoms with Crippen LogP contribution in [0, 0.1) is 5.92 Å². The maximum absolute atomic E-state index is 12.5. The minimum absolute atomic E-state index is 0.0208. The summed E-state index contributed by atoms with van der Waals surface area (Å²) in [6.07, 6.45) is -2.81. The van der Waals surface area contributed by atoms with E-state index in [1.165, 1.54) is 7.11 Å². The summed E-state index contributed by atoms with van der Waals surface area (Å²) in [5.74, 6) is -1.13. The second-order valence-corrected chi connectivity index (χ2v) is 6.47. The molecule has 1 aliphatic carbocycles. The maximum Gasteiger partial charge on any atom is 0.471 e. The molecule has 2 heterocycles. The lowest BCUT2D eigenvalue weighted by atomic mass is 10.1. The Balaban J connectivity index is 1.78. The third kappa shape index (κ3) is 3.61. The summed E-state index contributed by atoms with van der Waals surface area (Å²) in [5.41, 5.74) is 0. The molecule has 0 amide bonds. The first-order chi connectivity index (χ1) is 10.9. The molecule has 0 saturated heterocycles. The molecule has 5 nitrogen and oxygen atoms in total. The molecular formula is C14H13F3N2O3S. The molecule has 0 radical (unpaired) electrons. The van der Waals surface area contributed by atoms with Gasteiger partial charge in [0.15, 0.2) is 5.78 Å². The molecule has 3 rings (SSSR count). The Morgan fingerprint density at radius 3 is 2.78 bits per heavy atom. The molecule has 0 aromatic carbocycles. The number of ketones is 1. The van der Waals surface area contributed by atoms with Crippen molar-refractivity contribution in [1.82, 2.24) is 10.1 Å². The second-order valence-electron chi connectivity index (χ2n) is 5.35. The van der Waals surface area contributed by atoms with Crippen LogP contribution in [-0.2, 0) is 15.7 Å². The number of carbonyl (C=O) groups is 1. The minimum Gasteiger partial charge on any atom is -0.368 e.